The fourth-order valence-electron chi connectivity index (χ4n) is 3.24. The smallest absolute Gasteiger partial charge is 0.0860 e. The van der Waals surface area contributed by atoms with Gasteiger partial charge in [-0.3, -0.25) is 0 Å². The maximum absolute atomic E-state index is 10.8. The van der Waals surface area contributed by atoms with Crippen molar-refractivity contribution in [2.24, 2.45) is 5.41 Å². The van der Waals surface area contributed by atoms with E-state index in [2.05, 4.69) is 26.8 Å². The summed E-state index contributed by atoms with van der Waals surface area (Å²) in [6.45, 7) is 6.32. The minimum absolute atomic E-state index is 0.0470. The maximum Gasteiger partial charge on any atom is 0.0860 e. The van der Waals surface area contributed by atoms with Crippen LogP contribution in [0.15, 0.2) is 12.1 Å². The molecule has 0 heterocycles. The topological polar surface area (TPSA) is 20.2 Å². The summed E-state index contributed by atoms with van der Waals surface area (Å²) in [6, 6.07) is 4.05. The lowest BCUT2D eigenvalue weighted by Crippen LogP contribution is -2.25. The van der Waals surface area contributed by atoms with Gasteiger partial charge in [0, 0.05) is 10.4 Å². The summed E-state index contributed by atoms with van der Waals surface area (Å²) < 4.78 is 0. The fourth-order valence-corrected chi connectivity index (χ4v) is 3.56. The van der Waals surface area contributed by atoms with E-state index >= 15 is 0 Å². The standard InChI is InChI=1S/C16H23ClO/c1-4-16(7-5-6-8-16)15(18)13-9-11(2)12(3)10-14(13)17/h9-10,15,18H,4-8H2,1-3H3. The lowest BCUT2D eigenvalue weighted by molar-refractivity contribution is 0.0238. The van der Waals surface area contributed by atoms with Gasteiger partial charge in [0.1, 0.15) is 0 Å². The van der Waals surface area contributed by atoms with Crippen LogP contribution in [0.25, 0.3) is 0 Å². The Labute approximate surface area is 115 Å². The van der Waals surface area contributed by atoms with Gasteiger partial charge in [-0.1, -0.05) is 37.4 Å². The van der Waals surface area contributed by atoms with Crippen LogP contribution in [-0.2, 0) is 0 Å². The molecule has 2 rings (SSSR count). The highest BCUT2D eigenvalue weighted by Gasteiger charge is 2.40. The van der Waals surface area contributed by atoms with E-state index < -0.39 is 6.10 Å². The fraction of sp³-hybridized carbons (Fsp3) is 0.625. The van der Waals surface area contributed by atoms with Gasteiger partial charge in [0.15, 0.2) is 0 Å². The van der Waals surface area contributed by atoms with E-state index in [1.165, 1.54) is 24.0 Å². The van der Waals surface area contributed by atoms with Gasteiger partial charge in [0.05, 0.1) is 6.10 Å². The Morgan fingerprint density at radius 3 is 2.33 bits per heavy atom. The van der Waals surface area contributed by atoms with Gasteiger partial charge in [-0.05, 0) is 55.9 Å². The van der Waals surface area contributed by atoms with E-state index in [9.17, 15) is 5.11 Å². The molecule has 0 amide bonds. The molecule has 1 unspecified atom stereocenters. The number of hydrogen-bond acceptors (Lipinski definition) is 1. The average molecular weight is 267 g/mol. The quantitative estimate of drug-likeness (QED) is 0.820. The summed E-state index contributed by atoms with van der Waals surface area (Å²) >= 11 is 6.33. The van der Waals surface area contributed by atoms with Gasteiger partial charge in [-0.2, -0.15) is 0 Å². The summed E-state index contributed by atoms with van der Waals surface area (Å²) in [7, 11) is 0. The van der Waals surface area contributed by atoms with Gasteiger partial charge in [0.2, 0.25) is 0 Å². The average Bonchev–Trinajstić information content (AvgIpc) is 2.83. The zero-order valence-corrected chi connectivity index (χ0v) is 12.3. The van der Waals surface area contributed by atoms with Gasteiger partial charge < -0.3 is 5.11 Å². The van der Waals surface area contributed by atoms with Crippen LogP contribution >= 0.6 is 11.6 Å². The summed E-state index contributed by atoms with van der Waals surface area (Å²) in [6.07, 6.45) is 5.30. The first-order valence-electron chi connectivity index (χ1n) is 6.95. The van der Waals surface area contributed by atoms with E-state index in [0.717, 1.165) is 24.8 Å². The predicted octanol–water partition coefficient (Wildman–Crippen LogP) is 4.96. The Bertz CT molecular complexity index is 433. The van der Waals surface area contributed by atoms with Crippen LogP contribution in [0.5, 0.6) is 0 Å². The van der Waals surface area contributed by atoms with Crippen molar-refractivity contribution in [3.05, 3.63) is 33.8 Å². The molecule has 1 aromatic carbocycles. The normalized spacial score (nSPS) is 20.1. The lowest BCUT2D eigenvalue weighted by atomic mass is 9.75. The van der Waals surface area contributed by atoms with Crippen molar-refractivity contribution >= 4 is 11.6 Å². The maximum atomic E-state index is 10.8. The molecule has 1 aromatic rings. The van der Waals surface area contributed by atoms with Crippen molar-refractivity contribution in [2.75, 3.05) is 0 Å². The van der Waals surface area contributed by atoms with E-state index in [1.807, 2.05) is 6.07 Å². The predicted molar refractivity (Wildman–Crippen MR) is 77.1 cm³/mol. The largest absolute Gasteiger partial charge is 0.388 e. The Hall–Kier alpha value is -0.530. The van der Waals surface area contributed by atoms with Crippen LogP contribution in [0.4, 0.5) is 0 Å². The second-order valence-corrected chi connectivity index (χ2v) is 6.19. The zero-order valence-electron chi connectivity index (χ0n) is 11.6. The van der Waals surface area contributed by atoms with Crippen LogP contribution in [0.1, 0.15) is 61.8 Å². The summed E-state index contributed by atoms with van der Waals surface area (Å²) in [5.74, 6) is 0. The molecular weight excluding hydrogens is 244 g/mol. The second-order valence-electron chi connectivity index (χ2n) is 5.78. The first kappa shape index (κ1) is 13.9. The van der Waals surface area contributed by atoms with Crippen molar-refractivity contribution in [3.63, 3.8) is 0 Å². The summed E-state index contributed by atoms with van der Waals surface area (Å²) in [5, 5.41) is 11.5. The van der Waals surface area contributed by atoms with Gasteiger partial charge >= 0.3 is 0 Å². The molecule has 0 saturated heterocycles. The molecule has 0 radical (unpaired) electrons. The van der Waals surface area contributed by atoms with Crippen molar-refractivity contribution in [1.82, 2.24) is 0 Å². The molecule has 1 N–H and O–H groups in total. The Morgan fingerprint density at radius 1 is 1.22 bits per heavy atom. The molecule has 0 spiro atoms. The lowest BCUT2D eigenvalue weighted by Gasteiger charge is -2.34. The van der Waals surface area contributed by atoms with Crippen LogP contribution in [-0.4, -0.2) is 5.11 Å². The minimum atomic E-state index is -0.420. The Balaban J connectivity index is 2.39. The SMILES string of the molecule is CCC1(C(O)c2cc(C)c(C)cc2Cl)CCCC1. The van der Waals surface area contributed by atoms with E-state index in [1.54, 1.807) is 0 Å². The molecule has 1 aliphatic carbocycles. The van der Waals surface area contributed by atoms with Gasteiger partial charge in [0.25, 0.3) is 0 Å². The highest BCUT2D eigenvalue weighted by Crippen LogP contribution is 2.51. The van der Waals surface area contributed by atoms with Gasteiger partial charge in [-0.25, -0.2) is 0 Å². The Kier molecular flexibility index (Phi) is 4.03. The van der Waals surface area contributed by atoms with Crippen molar-refractivity contribution in [3.8, 4) is 0 Å². The number of benzene rings is 1. The minimum Gasteiger partial charge on any atom is -0.388 e. The summed E-state index contributed by atoms with van der Waals surface area (Å²) in [5.41, 5.74) is 3.36. The second kappa shape index (κ2) is 5.22. The van der Waals surface area contributed by atoms with Crippen LogP contribution < -0.4 is 0 Å². The Morgan fingerprint density at radius 2 is 1.78 bits per heavy atom. The molecular formula is C16H23ClO. The number of rotatable bonds is 3. The molecule has 1 atom stereocenters. The molecule has 1 saturated carbocycles. The van der Waals surface area contributed by atoms with E-state index in [-0.39, 0.29) is 5.41 Å². The highest BCUT2D eigenvalue weighted by atomic mass is 35.5. The molecule has 18 heavy (non-hydrogen) atoms. The third-order valence-electron chi connectivity index (χ3n) is 4.79. The van der Waals surface area contributed by atoms with Crippen molar-refractivity contribution in [1.29, 1.82) is 0 Å². The first-order chi connectivity index (χ1) is 8.50. The molecule has 100 valence electrons. The van der Waals surface area contributed by atoms with Crippen molar-refractivity contribution in [2.45, 2.75) is 59.0 Å². The first-order valence-corrected chi connectivity index (χ1v) is 7.32. The van der Waals surface area contributed by atoms with E-state index in [0.29, 0.717) is 5.02 Å². The number of aliphatic hydroxyl groups excluding tert-OH is 1. The number of halogens is 1. The number of aryl methyl sites for hydroxylation is 2. The third-order valence-corrected chi connectivity index (χ3v) is 5.12. The third kappa shape index (κ3) is 2.31. The van der Waals surface area contributed by atoms with Crippen LogP contribution in [0.3, 0.4) is 0 Å². The van der Waals surface area contributed by atoms with Crippen LogP contribution in [0, 0.1) is 19.3 Å². The molecule has 0 aliphatic heterocycles. The number of aliphatic hydroxyl groups is 1. The molecule has 1 nitrogen and oxygen atoms in total. The summed E-state index contributed by atoms with van der Waals surface area (Å²) in [4.78, 5) is 0. The van der Waals surface area contributed by atoms with E-state index in [4.69, 9.17) is 11.6 Å². The zero-order chi connectivity index (χ0) is 13.3. The highest BCUT2D eigenvalue weighted by molar-refractivity contribution is 6.31. The molecule has 0 bridgehead atoms. The monoisotopic (exact) mass is 266 g/mol. The molecule has 1 fully saturated rings. The molecule has 2 heteroatoms. The number of hydrogen-bond donors (Lipinski definition) is 1. The molecule has 1 aliphatic rings. The molecule has 0 aromatic heterocycles. The van der Waals surface area contributed by atoms with Gasteiger partial charge in [-0.15, -0.1) is 0 Å². The van der Waals surface area contributed by atoms with Crippen molar-refractivity contribution < 1.29 is 5.11 Å². The van der Waals surface area contributed by atoms with Crippen LogP contribution in [0.2, 0.25) is 5.02 Å².